The molecule has 1 aromatic rings. The van der Waals surface area contributed by atoms with Crippen LogP contribution in [0.1, 0.15) is 24.8 Å². The van der Waals surface area contributed by atoms with E-state index in [0.29, 0.717) is 10.8 Å². The summed E-state index contributed by atoms with van der Waals surface area (Å²) >= 11 is 0. The van der Waals surface area contributed by atoms with Gasteiger partial charge in [0.1, 0.15) is 0 Å². The van der Waals surface area contributed by atoms with E-state index in [1.807, 2.05) is 12.1 Å². The molecule has 0 N–H and O–H groups in total. The zero-order chi connectivity index (χ0) is 19.4. The maximum atomic E-state index is 12.9. The number of rotatable bonds is 4. The van der Waals surface area contributed by atoms with Crippen LogP contribution in [0.2, 0.25) is 0 Å². The van der Waals surface area contributed by atoms with Crippen LogP contribution in [0.5, 0.6) is 0 Å². The van der Waals surface area contributed by atoms with Gasteiger partial charge in [-0.2, -0.15) is 0 Å². The van der Waals surface area contributed by atoms with Crippen LogP contribution in [0.25, 0.3) is 0 Å². The fourth-order valence-electron chi connectivity index (χ4n) is 4.08. The second-order valence-electron chi connectivity index (χ2n) is 7.97. The third kappa shape index (κ3) is 5.53. The zero-order valence-corrected chi connectivity index (χ0v) is 17.2. The maximum absolute atomic E-state index is 12.9. The number of nitrogens with zero attached hydrogens (tertiary/aromatic N) is 3. The lowest BCUT2D eigenvalue weighted by molar-refractivity contribution is -0.137. The van der Waals surface area contributed by atoms with Gasteiger partial charge in [0, 0.05) is 45.5 Å². The number of hydrogen-bond acceptors (Lipinski definition) is 5. The first-order valence-corrected chi connectivity index (χ1v) is 11.7. The Morgan fingerprint density at radius 1 is 1.04 bits per heavy atom. The molecule has 0 saturated carbocycles. The van der Waals surface area contributed by atoms with E-state index in [9.17, 15) is 13.2 Å². The van der Waals surface area contributed by atoms with Gasteiger partial charge in [-0.3, -0.25) is 9.69 Å². The molecule has 0 aliphatic carbocycles. The van der Waals surface area contributed by atoms with Crippen molar-refractivity contribution < 1.29 is 13.2 Å². The van der Waals surface area contributed by atoms with E-state index in [1.165, 1.54) is 6.26 Å². The average Bonchev–Trinajstić information content (AvgIpc) is 2.86. The summed E-state index contributed by atoms with van der Waals surface area (Å²) in [4.78, 5) is 19.9. The summed E-state index contributed by atoms with van der Waals surface area (Å²) in [5, 5.41) is 0. The van der Waals surface area contributed by atoms with E-state index in [2.05, 4.69) is 21.7 Å². The molecular weight excluding hydrogens is 362 g/mol. The minimum atomic E-state index is -3.15. The van der Waals surface area contributed by atoms with E-state index in [0.717, 1.165) is 70.6 Å². The molecule has 1 unspecified atom stereocenters. The maximum Gasteiger partial charge on any atom is 0.227 e. The molecule has 7 heteroatoms. The van der Waals surface area contributed by atoms with E-state index >= 15 is 0 Å². The third-order valence-electron chi connectivity index (χ3n) is 5.63. The van der Waals surface area contributed by atoms with Crippen LogP contribution in [-0.4, -0.2) is 81.6 Å². The van der Waals surface area contributed by atoms with Gasteiger partial charge < -0.3 is 9.80 Å². The Kier molecular flexibility index (Phi) is 6.55. The lowest BCUT2D eigenvalue weighted by Crippen LogP contribution is -2.44. The van der Waals surface area contributed by atoms with E-state index < -0.39 is 9.84 Å². The summed E-state index contributed by atoms with van der Waals surface area (Å²) in [5.74, 6) is 0.472. The summed E-state index contributed by atoms with van der Waals surface area (Å²) in [5.41, 5.74) is 1.11. The van der Waals surface area contributed by atoms with E-state index in [-0.39, 0.29) is 5.92 Å². The van der Waals surface area contributed by atoms with Crippen molar-refractivity contribution in [2.45, 2.75) is 30.7 Å². The fourth-order valence-corrected chi connectivity index (χ4v) is 4.71. The molecule has 0 aromatic heterocycles. The lowest BCUT2D eigenvalue weighted by Gasteiger charge is -2.32. The van der Waals surface area contributed by atoms with Crippen LogP contribution < -0.4 is 0 Å². The number of benzene rings is 1. The molecule has 3 rings (SSSR count). The van der Waals surface area contributed by atoms with Crippen LogP contribution >= 0.6 is 0 Å². The summed E-state index contributed by atoms with van der Waals surface area (Å²) in [6, 6.07) is 7.14. The normalized spacial score (nSPS) is 23.2. The number of likely N-dealkylation sites (tertiary alicyclic amines) is 1. The first-order chi connectivity index (χ1) is 12.8. The van der Waals surface area contributed by atoms with Gasteiger partial charge in [0.05, 0.1) is 10.8 Å². The molecule has 2 aliphatic heterocycles. The van der Waals surface area contributed by atoms with Crippen molar-refractivity contribution in [2.24, 2.45) is 5.92 Å². The highest BCUT2D eigenvalue weighted by atomic mass is 32.2. The number of hydrogen-bond donors (Lipinski definition) is 0. The van der Waals surface area contributed by atoms with Gasteiger partial charge in [-0.15, -0.1) is 0 Å². The van der Waals surface area contributed by atoms with Gasteiger partial charge in [0.15, 0.2) is 9.84 Å². The molecule has 2 aliphatic rings. The Balaban J connectivity index is 1.54. The average molecular weight is 394 g/mol. The van der Waals surface area contributed by atoms with Gasteiger partial charge in [-0.05, 0) is 50.6 Å². The summed E-state index contributed by atoms with van der Waals surface area (Å²) in [7, 11) is -1.06. The smallest absolute Gasteiger partial charge is 0.227 e. The Morgan fingerprint density at radius 3 is 2.44 bits per heavy atom. The molecule has 0 spiro atoms. The van der Waals surface area contributed by atoms with Crippen molar-refractivity contribution in [3.63, 3.8) is 0 Å². The Labute approximate surface area is 163 Å². The molecule has 2 fully saturated rings. The first kappa shape index (κ1) is 20.3. The van der Waals surface area contributed by atoms with Gasteiger partial charge in [0.2, 0.25) is 5.91 Å². The second-order valence-corrected chi connectivity index (χ2v) is 9.99. The summed E-state index contributed by atoms with van der Waals surface area (Å²) in [6.07, 6.45) is 4.33. The molecule has 1 aromatic carbocycles. The van der Waals surface area contributed by atoms with Gasteiger partial charge in [-0.25, -0.2) is 8.42 Å². The Morgan fingerprint density at radius 2 is 1.78 bits per heavy atom. The lowest BCUT2D eigenvalue weighted by atomic mass is 9.97. The van der Waals surface area contributed by atoms with Gasteiger partial charge in [-0.1, -0.05) is 12.1 Å². The van der Waals surface area contributed by atoms with Gasteiger partial charge in [0.25, 0.3) is 0 Å². The van der Waals surface area contributed by atoms with Gasteiger partial charge >= 0.3 is 0 Å². The highest BCUT2D eigenvalue weighted by molar-refractivity contribution is 7.90. The van der Waals surface area contributed by atoms with Crippen LogP contribution in [0.3, 0.4) is 0 Å². The zero-order valence-electron chi connectivity index (χ0n) is 16.4. The molecule has 6 nitrogen and oxygen atoms in total. The third-order valence-corrected chi connectivity index (χ3v) is 6.76. The van der Waals surface area contributed by atoms with Crippen LogP contribution in [0, 0.1) is 5.92 Å². The Hall–Kier alpha value is -1.44. The molecule has 0 radical (unpaired) electrons. The van der Waals surface area contributed by atoms with Crippen molar-refractivity contribution in [1.82, 2.24) is 14.7 Å². The first-order valence-electron chi connectivity index (χ1n) is 9.81. The second kappa shape index (κ2) is 8.71. The van der Waals surface area contributed by atoms with E-state index in [4.69, 9.17) is 0 Å². The Bertz CT molecular complexity index is 748. The molecule has 2 saturated heterocycles. The number of sulfone groups is 1. The highest BCUT2D eigenvalue weighted by Crippen LogP contribution is 2.19. The summed E-state index contributed by atoms with van der Waals surface area (Å²) < 4.78 is 23.2. The minimum Gasteiger partial charge on any atom is -0.341 e. The van der Waals surface area contributed by atoms with Crippen molar-refractivity contribution in [2.75, 3.05) is 52.6 Å². The number of amides is 1. The van der Waals surface area contributed by atoms with Crippen LogP contribution in [0.15, 0.2) is 29.2 Å². The van der Waals surface area contributed by atoms with Crippen LogP contribution in [0.4, 0.5) is 0 Å². The molecule has 150 valence electrons. The standard InChI is InChI=1S/C20H31N3O3S/c1-21-10-3-5-18(16-21)20(24)23-12-4-11-22(13-14-23)15-17-6-8-19(9-7-17)27(2,25)26/h6-9,18H,3-5,10-16H2,1-2H3. The predicted molar refractivity (Wildman–Crippen MR) is 106 cm³/mol. The largest absolute Gasteiger partial charge is 0.341 e. The van der Waals surface area contributed by atoms with Crippen molar-refractivity contribution in [3.05, 3.63) is 29.8 Å². The number of piperidine rings is 1. The van der Waals surface area contributed by atoms with Crippen molar-refractivity contribution >= 4 is 15.7 Å². The van der Waals surface area contributed by atoms with Crippen LogP contribution in [-0.2, 0) is 21.2 Å². The highest BCUT2D eigenvalue weighted by Gasteiger charge is 2.29. The quantitative estimate of drug-likeness (QED) is 0.775. The number of carbonyl (C=O) groups excluding carboxylic acids is 1. The van der Waals surface area contributed by atoms with Crippen molar-refractivity contribution in [1.29, 1.82) is 0 Å². The monoisotopic (exact) mass is 393 g/mol. The molecule has 27 heavy (non-hydrogen) atoms. The van der Waals surface area contributed by atoms with Crippen molar-refractivity contribution in [3.8, 4) is 0 Å². The number of carbonyl (C=O) groups is 1. The van der Waals surface area contributed by atoms with E-state index in [1.54, 1.807) is 12.1 Å². The fraction of sp³-hybridized carbons (Fsp3) is 0.650. The SMILES string of the molecule is CN1CCCC(C(=O)N2CCCN(Cc3ccc(S(C)(=O)=O)cc3)CC2)C1. The topological polar surface area (TPSA) is 60.9 Å². The summed E-state index contributed by atoms with van der Waals surface area (Å²) in [6.45, 7) is 6.20. The minimum absolute atomic E-state index is 0.152. The predicted octanol–water partition coefficient (Wildman–Crippen LogP) is 1.47. The molecule has 0 bridgehead atoms. The molecular formula is C20H31N3O3S. The molecule has 2 heterocycles. The molecule has 1 atom stereocenters. The molecule has 1 amide bonds.